The number of halogens is 3. The quantitative estimate of drug-likeness (QED) is 0.0384. The molecule has 0 saturated heterocycles. The van der Waals surface area contributed by atoms with Crippen LogP contribution < -0.4 is 4.74 Å². The van der Waals surface area contributed by atoms with Crippen molar-refractivity contribution in [3.05, 3.63) is 54.1 Å². The zero-order chi connectivity index (χ0) is 44.8. The minimum Gasteiger partial charge on any atom is -0.491 e. The molecule has 0 aromatic heterocycles. The summed E-state index contributed by atoms with van der Waals surface area (Å²) in [6.07, 6.45) is 11.2. The summed E-state index contributed by atoms with van der Waals surface area (Å²) in [5, 5.41) is 10.8. The number of allylic oxidation sites excluding steroid dienone is 2. The van der Waals surface area contributed by atoms with Gasteiger partial charge in [-0.1, -0.05) is 117 Å². The van der Waals surface area contributed by atoms with Gasteiger partial charge in [0.2, 0.25) is 0 Å². The summed E-state index contributed by atoms with van der Waals surface area (Å²) >= 11 is 0. The molecule has 1 aliphatic carbocycles. The normalized spacial score (nSPS) is 21.4. The smallest absolute Gasteiger partial charge is 0.416 e. The van der Waals surface area contributed by atoms with Gasteiger partial charge in [0.15, 0.2) is 0 Å². The van der Waals surface area contributed by atoms with E-state index in [2.05, 4.69) is 41.5 Å². The molecule has 1 aliphatic rings. The van der Waals surface area contributed by atoms with Gasteiger partial charge in [0.1, 0.15) is 30.7 Å². The van der Waals surface area contributed by atoms with E-state index in [0.29, 0.717) is 55.3 Å². The van der Waals surface area contributed by atoms with Crippen LogP contribution in [0.3, 0.4) is 0 Å². The molecule has 5 unspecified atom stereocenters. The first-order valence-corrected chi connectivity index (χ1v) is 22.9. The lowest BCUT2D eigenvalue weighted by molar-refractivity contribution is -0.152. The molecular formula is C49H77F3O8. The second-order valence-corrected chi connectivity index (χ2v) is 17.1. The summed E-state index contributed by atoms with van der Waals surface area (Å²) in [5.74, 6) is 1.55. The molecule has 0 radical (unpaired) electrons. The number of rotatable bonds is 28. The Labute approximate surface area is 359 Å². The van der Waals surface area contributed by atoms with Gasteiger partial charge in [-0.2, -0.15) is 13.2 Å². The van der Waals surface area contributed by atoms with Gasteiger partial charge in [0.25, 0.3) is 0 Å². The highest BCUT2D eigenvalue weighted by Crippen LogP contribution is 2.43. The van der Waals surface area contributed by atoms with Crippen LogP contribution in [-0.4, -0.2) is 54.0 Å². The fraction of sp³-hybridized carbons (Fsp3) is 0.735. The van der Waals surface area contributed by atoms with Gasteiger partial charge in [-0.3, -0.25) is 14.4 Å². The highest BCUT2D eigenvalue weighted by atomic mass is 19.4. The average molecular weight is 851 g/mol. The van der Waals surface area contributed by atoms with Crippen molar-refractivity contribution in [2.24, 2.45) is 41.4 Å². The summed E-state index contributed by atoms with van der Waals surface area (Å²) in [6, 6.07) is 4.44. The molecule has 0 amide bonds. The first-order valence-electron chi connectivity index (χ1n) is 22.9. The number of unbranched alkanes of at least 4 members (excludes halogenated alkanes) is 2. The molecule has 1 N–H and O–H groups in total. The minimum absolute atomic E-state index is 0.0318. The molecule has 8 nitrogen and oxygen atoms in total. The molecule has 60 heavy (non-hydrogen) atoms. The minimum atomic E-state index is -4.53. The van der Waals surface area contributed by atoms with Crippen molar-refractivity contribution in [2.45, 2.75) is 183 Å². The highest BCUT2D eigenvalue weighted by molar-refractivity contribution is 5.70. The van der Waals surface area contributed by atoms with E-state index < -0.39 is 41.9 Å². The Bertz CT molecular complexity index is 1460. The number of hydrogen-bond acceptors (Lipinski definition) is 8. The maximum absolute atomic E-state index is 13.5. The van der Waals surface area contributed by atoms with Crippen LogP contribution in [0.1, 0.15) is 158 Å². The number of aliphatic hydroxyl groups is 1. The van der Waals surface area contributed by atoms with Crippen molar-refractivity contribution in [2.75, 3.05) is 6.61 Å². The van der Waals surface area contributed by atoms with Crippen LogP contribution in [-0.2, 0) is 34.8 Å². The van der Waals surface area contributed by atoms with E-state index in [1.807, 2.05) is 26.0 Å². The SMILES string of the molecule is CCC(C)C(CC)C(CC)C(CC)C(CC)CCCCC(=O)O[C@H]1C[C@@H](OC(C)=O)[C@H](/C=C/[C@@H](O)COc2cccc(C(F)(F)F)c2)[C@H]1C/C=C\CCCC(=O)OC(C)C. The zero-order valence-electron chi connectivity index (χ0n) is 38.0. The van der Waals surface area contributed by atoms with Crippen LogP contribution in [0, 0.1) is 41.4 Å². The van der Waals surface area contributed by atoms with E-state index in [1.54, 1.807) is 6.08 Å². The number of benzene rings is 1. The molecule has 0 heterocycles. The fourth-order valence-corrected chi connectivity index (χ4v) is 9.41. The first-order chi connectivity index (χ1) is 28.5. The number of carbonyl (C=O) groups excluding carboxylic acids is 3. The Balaban J connectivity index is 2.18. The highest BCUT2D eigenvalue weighted by Gasteiger charge is 2.45. The third-order valence-electron chi connectivity index (χ3n) is 12.5. The Kier molecular flexibility index (Phi) is 24.3. The molecule has 1 aromatic carbocycles. The Morgan fingerprint density at radius 2 is 1.52 bits per heavy atom. The predicted molar refractivity (Wildman–Crippen MR) is 231 cm³/mol. The third kappa shape index (κ3) is 18.3. The average Bonchev–Trinajstić information content (AvgIpc) is 3.50. The second-order valence-electron chi connectivity index (χ2n) is 17.1. The van der Waals surface area contributed by atoms with Gasteiger partial charge in [-0.15, -0.1) is 0 Å². The summed E-state index contributed by atoms with van der Waals surface area (Å²) < 4.78 is 62.2. The van der Waals surface area contributed by atoms with Crippen molar-refractivity contribution in [1.29, 1.82) is 0 Å². The molecule has 0 aliphatic heterocycles. The number of alkyl halides is 3. The molecule has 2 rings (SSSR count). The van der Waals surface area contributed by atoms with Gasteiger partial charge in [-0.25, -0.2) is 0 Å². The molecule has 0 spiro atoms. The van der Waals surface area contributed by atoms with Crippen molar-refractivity contribution >= 4 is 17.9 Å². The molecule has 11 heteroatoms. The van der Waals surface area contributed by atoms with Gasteiger partial charge >= 0.3 is 24.1 Å². The van der Waals surface area contributed by atoms with Crippen LogP contribution >= 0.6 is 0 Å². The standard InChI is InChI=1S/C49H77F3O8/c1-10-34(8)40(12-3)42(14-5)41(13-4)36(11-2)22-19-20-27-48(56)60-46-31-45(59-35(9)53)44(43(46)25-17-15-16-18-26-47(55)58-33(6)7)29-28-38(54)32-57-39-24-21-23-37(30-39)49(50,51)52/h15,17,21,23-24,28-30,33-34,36,38,40-46,54H,10-14,16,18-20,22,25-27,31-32H2,1-9H3/b17-15-,29-28+/t34?,36?,38-,40?,41?,42?,43-,44-,45-,46+/m1/s1. The lowest BCUT2D eigenvalue weighted by atomic mass is 9.66. The van der Waals surface area contributed by atoms with Crippen molar-refractivity contribution in [1.82, 2.24) is 0 Å². The van der Waals surface area contributed by atoms with E-state index in [1.165, 1.54) is 44.4 Å². The molecule has 10 atom stereocenters. The van der Waals surface area contributed by atoms with E-state index in [4.69, 9.17) is 18.9 Å². The summed E-state index contributed by atoms with van der Waals surface area (Å²) in [4.78, 5) is 37.7. The monoisotopic (exact) mass is 851 g/mol. The lowest BCUT2D eigenvalue weighted by Crippen LogP contribution is -2.31. The van der Waals surface area contributed by atoms with E-state index >= 15 is 0 Å². The topological polar surface area (TPSA) is 108 Å². The molecular weight excluding hydrogens is 774 g/mol. The number of ether oxygens (including phenoxy) is 4. The number of esters is 3. The van der Waals surface area contributed by atoms with Crippen molar-refractivity contribution in [3.8, 4) is 5.75 Å². The molecule has 342 valence electrons. The molecule has 0 bridgehead atoms. The Morgan fingerprint density at radius 3 is 2.12 bits per heavy atom. The molecule has 1 fully saturated rings. The van der Waals surface area contributed by atoms with Crippen molar-refractivity contribution in [3.63, 3.8) is 0 Å². The zero-order valence-corrected chi connectivity index (χ0v) is 38.0. The summed E-state index contributed by atoms with van der Waals surface area (Å²) in [6.45, 7) is 18.6. The van der Waals surface area contributed by atoms with Gasteiger partial charge in [0.05, 0.1) is 11.7 Å². The lowest BCUT2D eigenvalue weighted by Gasteiger charge is -2.39. The van der Waals surface area contributed by atoms with E-state index in [9.17, 15) is 32.7 Å². The maximum Gasteiger partial charge on any atom is 0.416 e. The third-order valence-corrected chi connectivity index (χ3v) is 12.5. The number of carbonyl (C=O) groups is 3. The fourth-order valence-electron chi connectivity index (χ4n) is 9.41. The molecule has 1 aromatic rings. The van der Waals surface area contributed by atoms with Crippen LogP contribution in [0.2, 0.25) is 0 Å². The summed E-state index contributed by atoms with van der Waals surface area (Å²) in [7, 11) is 0. The van der Waals surface area contributed by atoms with Gasteiger partial charge in [-0.05, 0) is 87.3 Å². The van der Waals surface area contributed by atoms with Gasteiger partial charge in [0, 0.05) is 38.0 Å². The van der Waals surface area contributed by atoms with Crippen LogP contribution in [0.4, 0.5) is 13.2 Å². The van der Waals surface area contributed by atoms with Crippen LogP contribution in [0.25, 0.3) is 0 Å². The largest absolute Gasteiger partial charge is 0.491 e. The summed E-state index contributed by atoms with van der Waals surface area (Å²) in [5.41, 5.74) is -0.856. The Hall–Kier alpha value is -3.34. The van der Waals surface area contributed by atoms with E-state index in [-0.39, 0.29) is 49.2 Å². The maximum atomic E-state index is 13.5. The molecule has 1 saturated carbocycles. The number of hydrogen-bond donors (Lipinski definition) is 1. The number of aliphatic hydroxyl groups excluding tert-OH is 1. The Morgan fingerprint density at radius 1 is 0.833 bits per heavy atom. The van der Waals surface area contributed by atoms with E-state index in [0.717, 1.165) is 44.2 Å². The van der Waals surface area contributed by atoms with Crippen LogP contribution in [0.15, 0.2) is 48.6 Å². The first kappa shape index (κ1) is 52.8. The van der Waals surface area contributed by atoms with Crippen molar-refractivity contribution < 1.29 is 51.6 Å². The van der Waals surface area contributed by atoms with Crippen LogP contribution in [0.5, 0.6) is 5.75 Å². The van der Waals surface area contributed by atoms with Gasteiger partial charge < -0.3 is 24.1 Å². The second kappa shape index (κ2) is 27.6. The predicted octanol–water partition coefficient (Wildman–Crippen LogP) is 12.3.